The first kappa shape index (κ1) is 8.48. The standard InChI is InChI=1S/C9H18N2O/c10-2-4-11-3-1-8-6-12-7-9(8)5-11/h8-9H,1-7,10H2/t8-,9+/m0/s1. The second-order valence-corrected chi connectivity index (χ2v) is 3.94. The Labute approximate surface area is 73.9 Å². The fraction of sp³-hybridized carbons (Fsp3) is 1.00. The molecule has 0 aliphatic carbocycles. The molecule has 70 valence electrons. The van der Waals surface area contributed by atoms with Gasteiger partial charge in [0, 0.05) is 32.2 Å². The molecule has 0 aromatic heterocycles. The van der Waals surface area contributed by atoms with Crippen LogP contribution in [0.3, 0.4) is 0 Å². The molecule has 0 bridgehead atoms. The topological polar surface area (TPSA) is 38.5 Å². The Morgan fingerprint density at radius 2 is 2.17 bits per heavy atom. The molecular formula is C9H18N2O. The van der Waals surface area contributed by atoms with Gasteiger partial charge in [-0.15, -0.1) is 0 Å². The molecule has 3 heteroatoms. The molecule has 0 unspecified atom stereocenters. The van der Waals surface area contributed by atoms with E-state index in [9.17, 15) is 0 Å². The van der Waals surface area contributed by atoms with Crippen LogP contribution in [0.4, 0.5) is 0 Å². The first-order valence-electron chi connectivity index (χ1n) is 4.90. The second kappa shape index (κ2) is 3.73. The van der Waals surface area contributed by atoms with Gasteiger partial charge in [-0.3, -0.25) is 0 Å². The minimum absolute atomic E-state index is 0.790. The predicted molar refractivity (Wildman–Crippen MR) is 47.9 cm³/mol. The fourth-order valence-electron chi connectivity index (χ4n) is 2.32. The van der Waals surface area contributed by atoms with Gasteiger partial charge in [-0.1, -0.05) is 0 Å². The van der Waals surface area contributed by atoms with Crippen LogP contribution in [0.2, 0.25) is 0 Å². The van der Waals surface area contributed by atoms with Crippen LogP contribution in [0.5, 0.6) is 0 Å². The number of likely N-dealkylation sites (tertiary alicyclic amines) is 1. The van der Waals surface area contributed by atoms with E-state index in [1.54, 1.807) is 0 Å². The highest BCUT2D eigenvalue weighted by Gasteiger charge is 2.33. The third kappa shape index (κ3) is 1.63. The molecule has 0 aromatic carbocycles. The lowest BCUT2D eigenvalue weighted by atomic mass is 9.89. The Kier molecular flexibility index (Phi) is 2.63. The van der Waals surface area contributed by atoms with Crippen LogP contribution >= 0.6 is 0 Å². The van der Waals surface area contributed by atoms with Gasteiger partial charge in [-0.2, -0.15) is 0 Å². The van der Waals surface area contributed by atoms with Gasteiger partial charge >= 0.3 is 0 Å². The quantitative estimate of drug-likeness (QED) is 0.629. The van der Waals surface area contributed by atoms with E-state index in [1.807, 2.05) is 0 Å². The average Bonchev–Trinajstić information content (AvgIpc) is 2.51. The van der Waals surface area contributed by atoms with Gasteiger partial charge in [0.15, 0.2) is 0 Å². The summed E-state index contributed by atoms with van der Waals surface area (Å²) < 4.78 is 5.46. The van der Waals surface area contributed by atoms with Crippen molar-refractivity contribution in [1.29, 1.82) is 0 Å². The Balaban J connectivity index is 1.84. The maximum Gasteiger partial charge on any atom is 0.0510 e. The lowest BCUT2D eigenvalue weighted by Gasteiger charge is -2.33. The molecule has 2 saturated heterocycles. The van der Waals surface area contributed by atoms with Gasteiger partial charge in [0.2, 0.25) is 0 Å². The number of hydrogen-bond donors (Lipinski definition) is 1. The predicted octanol–water partition coefficient (Wildman–Crippen LogP) is -0.0866. The van der Waals surface area contributed by atoms with Gasteiger partial charge in [0.25, 0.3) is 0 Å². The molecule has 0 spiro atoms. The van der Waals surface area contributed by atoms with E-state index < -0.39 is 0 Å². The first-order valence-corrected chi connectivity index (χ1v) is 4.90. The SMILES string of the molecule is NCCN1CC[C@H]2COC[C@H]2C1. The third-order valence-electron chi connectivity index (χ3n) is 3.08. The normalized spacial score (nSPS) is 36.8. The fourth-order valence-corrected chi connectivity index (χ4v) is 2.32. The van der Waals surface area contributed by atoms with Gasteiger partial charge in [-0.05, 0) is 18.9 Å². The maximum absolute atomic E-state index is 5.52. The molecule has 0 amide bonds. The lowest BCUT2D eigenvalue weighted by Crippen LogP contribution is -2.42. The average molecular weight is 170 g/mol. The molecule has 2 heterocycles. The zero-order chi connectivity index (χ0) is 8.39. The monoisotopic (exact) mass is 170 g/mol. The summed E-state index contributed by atoms with van der Waals surface area (Å²) in [5.74, 6) is 1.64. The second-order valence-electron chi connectivity index (χ2n) is 3.94. The molecule has 2 atom stereocenters. The highest BCUT2D eigenvalue weighted by molar-refractivity contribution is 4.83. The molecule has 12 heavy (non-hydrogen) atoms. The van der Waals surface area contributed by atoms with Crippen LogP contribution in [-0.2, 0) is 4.74 Å². The van der Waals surface area contributed by atoms with Crippen molar-refractivity contribution in [2.45, 2.75) is 6.42 Å². The smallest absolute Gasteiger partial charge is 0.0510 e. The summed E-state index contributed by atoms with van der Waals surface area (Å²) in [5.41, 5.74) is 5.52. The van der Waals surface area contributed by atoms with Gasteiger partial charge < -0.3 is 15.4 Å². The minimum Gasteiger partial charge on any atom is -0.381 e. The van der Waals surface area contributed by atoms with Crippen molar-refractivity contribution in [3.8, 4) is 0 Å². The van der Waals surface area contributed by atoms with Crippen molar-refractivity contribution in [1.82, 2.24) is 4.90 Å². The maximum atomic E-state index is 5.52. The Morgan fingerprint density at radius 1 is 1.33 bits per heavy atom. The van der Waals surface area contributed by atoms with E-state index in [4.69, 9.17) is 10.5 Å². The van der Waals surface area contributed by atoms with Crippen molar-refractivity contribution in [2.24, 2.45) is 17.6 Å². The third-order valence-corrected chi connectivity index (χ3v) is 3.08. The van der Waals surface area contributed by atoms with Gasteiger partial charge in [0.1, 0.15) is 0 Å². The molecule has 2 rings (SSSR count). The molecule has 2 aliphatic rings. The molecule has 2 N–H and O–H groups in total. The number of hydrogen-bond acceptors (Lipinski definition) is 3. The van der Waals surface area contributed by atoms with Crippen LogP contribution in [0.25, 0.3) is 0 Å². The highest BCUT2D eigenvalue weighted by Crippen LogP contribution is 2.28. The lowest BCUT2D eigenvalue weighted by molar-refractivity contribution is 0.150. The van der Waals surface area contributed by atoms with Crippen LogP contribution in [0, 0.1) is 11.8 Å². The van der Waals surface area contributed by atoms with Gasteiger partial charge in [-0.25, -0.2) is 0 Å². The number of nitrogens with two attached hydrogens (primary N) is 1. The summed E-state index contributed by atoms with van der Waals surface area (Å²) in [6, 6.07) is 0. The molecule has 0 aromatic rings. The number of nitrogens with zero attached hydrogens (tertiary/aromatic N) is 1. The summed E-state index contributed by atoms with van der Waals surface area (Å²) in [6.45, 7) is 6.26. The van der Waals surface area contributed by atoms with Crippen LogP contribution < -0.4 is 5.73 Å². The van der Waals surface area contributed by atoms with Crippen LogP contribution in [0.1, 0.15) is 6.42 Å². The van der Waals surface area contributed by atoms with E-state index in [2.05, 4.69) is 4.90 Å². The number of ether oxygens (including phenoxy) is 1. The zero-order valence-corrected chi connectivity index (χ0v) is 7.54. The molecule has 0 saturated carbocycles. The van der Waals surface area contributed by atoms with Crippen LogP contribution in [0.15, 0.2) is 0 Å². The highest BCUT2D eigenvalue weighted by atomic mass is 16.5. The first-order chi connectivity index (χ1) is 5.90. The number of rotatable bonds is 2. The van der Waals surface area contributed by atoms with E-state index in [1.165, 1.54) is 19.5 Å². The zero-order valence-electron chi connectivity index (χ0n) is 7.54. The summed E-state index contributed by atoms with van der Waals surface area (Å²) in [5, 5.41) is 0. The summed E-state index contributed by atoms with van der Waals surface area (Å²) >= 11 is 0. The molecule has 2 aliphatic heterocycles. The Bertz CT molecular complexity index is 151. The van der Waals surface area contributed by atoms with Gasteiger partial charge in [0.05, 0.1) is 6.61 Å². The van der Waals surface area contributed by atoms with E-state index in [-0.39, 0.29) is 0 Å². The van der Waals surface area contributed by atoms with Crippen molar-refractivity contribution < 1.29 is 4.74 Å². The molecule has 2 fully saturated rings. The van der Waals surface area contributed by atoms with E-state index >= 15 is 0 Å². The van der Waals surface area contributed by atoms with Crippen LogP contribution in [-0.4, -0.2) is 44.3 Å². The van der Waals surface area contributed by atoms with Crippen molar-refractivity contribution in [3.05, 3.63) is 0 Å². The molecular weight excluding hydrogens is 152 g/mol. The minimum atomic E-state index is 0.790. The Morgan fingerprint density at radius 3 is 3.00 bits per heavy atom. The van der Waals surface area contributed by atoms with E-state index in [0.717, 1.165) is 38.1 Å². The van der Waals surface area contributed by atoms with Crippen molar-refractivity contribution in [3.63, 3.8) is 0 Å². The molecule has 3 nitrogen and oxygen atoms in total. The number of fused-ring (bicyclic) bond motifs is 1. The summed E-state index contributed by atoms with van der Waals surface area (Å²) in [6.07, 6.45) is 1.31. The van der Waals surface area contributed by atoms with Crippen molar-refractivity contribution in [2.75, 3.05) is 39.4 Å². The summed E-state index contributed by atoms with van der Waals surface area (Å²) in [7, 11) is 0. The van der Waals surface area contributed by atoms with E-state index in [0.29, 0.717) is 0 Å². The Hall–Kier alpha value is -0.120. The molecule has 0 radical (unpaired) electrons. The largest absolute Gasteiger partial charge is 0.381 e. The van der Waals surface area contributed by atoms with Crippen molar-refractivity contribution >= 4 is 0 Å². The summed E-state index contributed by atoms with van der Waals surface area (Å²) in [4.78, 5) is 2.47. The number of piperidine rings is 1.